The highest BCUT2D eigenvalue weighted by Gasteiger charge is 2.40. The first-order valence-electron chi connectivity index (χ1n) is 6.17. The predicted molar refractivity (Wildman–Crippen MR) is 71.3 cm³/mol. The number of fused-ring (bicyclic) bond motifs is 1. The molecule has 0 spiro atoms. The van der Waals surface area contributed by atoms with Gasteiger partial charge in [0.1, 0.15) is 6.04 Å². The van der Waals surface area contributed by atoms with Crippen molar-refractivity contribution in [3.63, 3.8) is 0 Å². The Morgan fingerprint density at radius 3 is 2.58 bits per heavy atom. The van der Waals surface area contributed by atoms with Gasteiger partial charge in [-0.3, -0.25) is 4.79 Å². The molecule has 1 N–H and O–H groups in total. The number of rotatable bonds is 3. The van der Waals surface area contributed by atoms with Crippen molar-refractivity contribution in [1.82, 2.24) is 4.31 Å². The molecule has 0 fully saturated rings. The molecule has 0 saturated heterocycles. The van der Waals surface area contributed by atoms with E-state index in [9.17, 15) is 18.3 Å². The molecule has 0 saturated carbocycles. The quantitative estimate of drug-likeness (QED) is 0.910. The van der Waals surface area contributed by atoms with Crippen molar-refractivity contribution in [2.75, 3.05) is 6.54 Å². The van der Waals surface area contributed by atoms with E-state index in [1.165, 1.54) is 0 Å². The number of hydrogen-bond acceptors (Lipinski definition) is 3. The number of carboxylic acid groups (broad SMARTS) is 1. The van der Waals surface area contributed by atoms with Gasteiger partial charge in [-0.15, -0.1) is 0 Å². The third-order valence-electron chi connectivity index (χ3n) is 3.40. The first-order valence-corrected chi connectivity index (χ1v) is 7.67. The van der Waals surface area contributed by atoms with E-state index >= 15 is 0 Å². The first-order chi connectivity index (χ1) is 8.85. The summed E-state index contributed by atoms with van der Waals surface area (Å²) in [6, 6.07) is 6.00. The van der Waals surface area contributed by atoms with Gasteiger partial charge in [-0.1, -0.05) is 24.3 Å². The summed E-state index contributed by atoms with van der Waals surface area (Å²) in [7, 11) is -3.58. The Balaban J connectivity index is 2.53. The van der Waals surface area contributed by atoms with Crippen LogP contribution in [0.15, 0.2) is 24.3 Å². The lowest BCUT2D eigenvalue weighted by Crippen LogP contribution is -2.46. The third-order valence-corrected chi connectivity index (χ3v) is 5.63. The molecule has 1 aliphatic heterocycles. The highest BCUT2D eigenvalue weighted by molar-refractivity contribution is 7.89. The minimum atomic E-state index is -3.58. The normalized spacial score (nSPS) is 20.3. The number of hydrogen-bond donors (Lipinski definition) is 1. The van der Waals surface area contributed by atoms with Crippen LogP contribution in [-0.4, -0.2) is 35.6 Å². The van der Waals surface area contributed by atoms with Crippen molar-refractivity contribution < 1.29 is 18.3 Å². The maximum absolute atomic E-state index is 12.3. The minimum Gasteiger partial charge on any atom is -0.480 e. The molecule has 1 heterocycles. The standard InChI is InChI=1S/C13H17NO4S/c1-9(2)19(17,18)14-8-7-10-5-3-4-6-11(10)12(14)13(15)16/h3-6,9,12H,7-8H2,1-2H3,(H,15,16). The second kappa shape index (κ2) is 4.94. The summed E-state index contributed by atoms with van der Waals surface area (Å²) in [6.45, 7) is 3.35. The number of nitrogens with zero attached hydrogens (tertiary/aromatic N) is 1. The highest BCUT2D eigenvalue weighted by Crippen LogP contribution is 2.33. The van der Waals surface area contributed by atoms with Gasteiger partial charge in [0.2, 0.25) is 10.0 Å². The molecule has 0 aliphatic carbocycles. The fourth-order valence-electron chi connectivity index (χ4n) is 2.34. The fraction of sp³-hybridized carbons (Fsp3) is 0.462. The SMILES string of the molecule is CC(C)S(=O)(=O)N1CCc2ccccc2C1C(=O)O. The molecule has 1 aliphatic rings. The summed E-state index contributed by atoms with van der Waals surface area (Å²) in [5.41, 5.74) is 1.48. The van der Waals surface area contributed by atoms with Crippen LogP contribution in [0.5, 0.6) is 0 Å². The number of carbonyl (C=O) groups is 1. The van der Waals surface area contributed by atoms with Crippen molar-refractivity contribution >= 4 is 16.0 Å². The molecule has 2 rings (SSSR count). The van der Waals surface area contributed by atoms with Crippen molar-refractivity contribution in [1.29, 1.82) is 0 Å². The molecule has 0 aromatic heterocycles. The zero-order valence-electron chi connectivity index (χ0n) is 10.9. The molecule has 1 aromatic rings. The summed E-state index contributed by atoms with van der Waals surface area (Å²) >= 11 is 0. The molecule has 19 heavy (non-hydrogen) atoms. The Morgan fingerprint density at radius 1 is 1.37 bits per heavy atom. The van der Waals surface area contributed by atoms with Crippen molar-refractivity contribution in [2.24, 2.45) is 0 Å². The molecule has 0 bridgehead atoms. The van der Waals surface area contributed by atoms with Crippen LogP contribution in [-0.2, 0) is 21.2 Å². The second-order valence-corrected chi connectivity index (χ2v) is 7.34. The Bertz CT molecular complexity index is 594. The van der Waals surface area contributed by atoms with E-state index in [-0.39, 0.29) is 6.54 Å². The van der Waals surface area contributed by atoms with Crippen LogP contribution in [0.2, 0.25) is 0 Å². The predicted octanol–water partition coefficient (Wildman–Crippen LogP) is 1.41. The van der Waals surface area contributed by atoms with E-state index < -0.39 is 27.3 Å². The van der Waals surface area contributed by atoms with Crippen molar-refractivity contribution in [3.05, 3.63) is 35.4 Å². The van der Waals surface area contributed by atoms with E-state index in [0.717, 1.165) is 9.87 Å². The van der Waals surface area contributed by atoms with Crippen molar-refractivity contribution in [3.8, 4) is 0 Å². The molecule has 5 nitrogen and oxygen atoms in total. The maximum atomic E-state index is 12.3. The Labute approximate surface area is 112 Å². The van der Waals surface area contributed by atoms with Crippen LogP contribution in [0.25, 0.3) is 0 Å². The molecule has 104 valence electrons. The number of sulfonamides is 1. The number of benzene rings is 1. The van der Waals surface area contributed by atoms with Gasteiger partial charge in [0.25, 0.3) is 0 Å². The molecule has 1 unspecified atom stereocenters. The summed E-state index contributed by atoms with van der Waals surface area (Å²) in [5, 5.41) is 8.77. The van der Waals surface area contributed by atoms with Gasteiger partial charge < -0.3 is 5.11 Å². The van der Waals surface area contributed by atoms with E-state index in [1.807, 2.05) is 12.1 Å². The fourth-order valence-corrected chi connectivity index (χ4v) is 3.73. The molecule has 6 heteroatoms. The van der Waals surface area contributed by atoms with Gasteiger partial charge in [-0.25, -0.2) is 8.42 Å². The molecule has 0 amide bonds. The Hall–Kier alpha value is -1.40. The van der Waals surface area contributed by atoms with Crippen LogP contribution in [0.3, 0.4) is 0 Å². The Kier molecular flexibility index (Phi) is 3.64. The van der Waals surface area contributed by atoms with Gasteiger partial charge >= 0.3 is 5.97 Å². The summed E-state index contributed by atoms with van der Waals surface area (Å²) in [4.78, 5) is 11.5. The van der Waals surface area contributed by atoms with E-state index in [0.29, 0.717) is 12.0 Å². The van der Waals surface area contributed by atoms with Crippen molar-refractivity contribution in [2.45, 2.75) is 31.6 Å². The second-order valence-electron chi connectivity index (χ2n) is 4.89. The van der Waals surface area contributed by atoms with E-state index in [2.05, 4.69) is 0 Å². The van der Waals surface area contributed by atoms with Gasteiger partial charge in [-0.05, 0) is 31.4 Å². The van der Waals surface area contributed by atoms with Crippen LogP contribution >= 0.6 is 0 Å². The zero-order chi connectivity index (χ0) is 14.2. The average molecular weight is 283 g/mol. The molecular weight excluding hydrogens is 266 g/mol. The monoisotopic (exact) mass is 283 g/mol. The van der Waals surface area contributed by atoms with E-state index in [1.54, 1.807) is 26.0 Å². The van der Waals surface area contributed by atoms with Gasteiger partial charge in [0.05, 0.1) is 5.25 Å². The Morgan fingerprint density at radius 2 is 2.00 bits per heavy atom. The van der Waals surface area contributed by atoms with Crippen LogP contribution in [0, 0.1) is 0 Å². The molecule has 1 aromatic carbocycles. The zero-order valence-corrected chi connectivity index (χ0v) is 11.7. The van der Waals surface area contributed by atoms with Gasteiger partial charge in [-0.2, -0.15) is 4.31 Å². The van der Waals surface area contributed by atoms with Crippen LogP contribution in [0.1, 0.15) is 31.0 Å². The number of aliphatic carboxylic acids is 1. The third kappa shape index (κ3) is 2.37. The molecule has 0 radical (unpaired) electrons. The summed E-state index contributed by atoms with van der Waals surface area (Å²) in [6.07, 6.45) is 0.548. The van der Waals surface area contributed by atoms with Crippen LogP contribution < -0.4 is 0 Å². The maximum Gasteiger partial charge on any atom is 0.326 e. The highest BCUT2D eigenvalue weighted by atomic mass is 32.2. The number of carboxylic acids is 1. The molecule has 1 atom stereocenters. The average Bonchev–Trinajstić information content (AvgIpc) is 2.36. The van der Waals surface area contributed by atoms with Gasteiger partial charge in [0, 0.05) is 6.54 Å². The minimum absolute atomic E-state index is 0.217. The smallest absolute Gasteiger partial charge is 0.326 e. The first kappa shape index (κ1) is 14.0. The van der Waals surface area contributed by atoms with Gasteiger partial charge in [0.15, 0.2) is 0 Å². The largest absolute Gasteiger partial charge is 0.480 e. The van der Waals surface area contributed by atoms with E-state index in [4.69, 9.17) is 0 Å². The molecular formula is C13H17NO4S. The lowest BCUT2D eigenvalue weighted by molar-refractivity contribution is -0.142. The summed E-state index contributed by atoms with van der Waals surface area (Å²) < 4.78 is 25.7. The topological polar surface area (TPSA) is 74.7 Å². The summed E-state index contributed by atoms with van der Waals surface area (Å²) in [5.74, 6) is -1.13. The lowest BCUT2D eigenvalue weighted by Gasteiger charge is -2.34. The lowest BCUT2D eigenvalue weighted by atomic mass is 9.94. The van der Waals surface area contributed by atoms with Crippen LogP contribution in [0.4, 0.5) is 0 Å².